The minimum Gasteiger partial charge on any atom is -0.370 e. The first-order valence-electron chi connectivity index (χ1n) is 5.72. The molecule has 0 unspecified atom stereocenters. The molecule has 0 spiro atoms. The number of halogens is 3. The zero-order valence-electron chi connectivity index (χ0n) is 10.2. The van der Waals surface area contributed by atoms with E-state index in [0.717, 1.165) is 6.07 Å². The summed E-state index contributed by atoms with van der Waals surface area (Å²) < 4.78 is 39.6. The lowest BCUT2D eigenvalue weighted by Crippen LogP contribution is -2.03. The van der Waals surface area contributed by atoms with Crippen LogP contribution in [-0.4, -0.2) is 11.5 Å². The van der Waals surface area contributed by atoms with E-state index in [9.17, 15) is 13.2 Å². The quantitative estimate of drug-likeness (QED) is 0.830. The van der Waals surface area contributed by atoms with Crippen molar-refractivity contribution in [3.05, 3.63) is 47.8 Å². The van der Waals surface area contributed by atoms with Gasteiger partial charge in [-0.15, -0.1) is 0 Å². The van der Waals surface area contributed by atoms with Crippen molar-refractivity contribution >= 4 is 17.3 Å². The van der Waals surface area contributed by atoms with Crippen molar-refractivity contribution in [2.75, 3.05) is 17.2 Å². The Kier molecular flexibility index (Phi) is 3.89. The predicted octanol–water partition coefficient (Wildman–Crippen LogP) is 3.67. The lowest BCUT2D eigenvalue weighted by molar-refractivity contribution is 0.498. The van der Waals surface area contributed by atoms with Gasteiger partial charge >= 0.3 is 0 Å². The second-order valence-electron chi connectivity index (χ2n) is 3.81. The number of pyridine rings is 1. The Hall–Kier alpha value is -2.24. The first-order chi connectivity index (χ1) is 9.10. The third-order valence-electron chi connectivity index (χ3n) is 2.36. The number of anilines is 3. The third kappa shape index (κ3) is 3.15. The summed E-state index contributed by atoms with van der Waals surface area (Å²) in [6.07, 6.45) is 0. The summed E-state index contributed by atoms with van der Waals surface area (Å²) in [6, 6.07) is 6.37. The van der Waals surface area contributed by atoms with Gasteiger partial charge in [0.15, 0.2) is 11.6 Å². The molecule has 0 radical (unpaired) electrons. The van der Waals surface area contributed by atoms with E-state index in [1.165, 1.54) is 0 Å². The molecule has 2 N–H and O–H groups in total. The normalized spacial score (nSPS) is 10.3. The molecule has 0 fully saturated rings. The van der Waals surface area contributed by atoms with Crippen molar-refractivity contribution in [2.45, 2.75) is 6.92 Å². The molecule has 1 heterocycles. The molecule has 1 aromatic heterocycles. The topological polar surface area (TPSA) is 37.0 Å². The molecule has 0 saturated carbocycles. The Morgan fingerprint density at radius 1 is 1.11 bits per heavy atom. The van der Waals surface area contributed by atoms with E-state index < -0.39 is 17.5 Å². The lowest BCUT2D eigenvalue weighted by atomic mass is 10.2. The van der Waals surface area contributed by atoms with Gasteiger partial charge < -0.3 is 10.6 Å². The van der Waals surface area contributed by atoms with Crippen LogP contribution in [0.3, 0.4) is 0 Å². The van der Waals surface area contributed by atoms with Crippen molar-refractivity contribution in [1.29, 1.82) is 0 Å². The van der Waals surface area contributed by atoms with E-state index in [4.69, 9.17) is 0 Å². The van der Waals surface area contributed by atoms with Gasteiger partial charge in [-0.25, -0.2) is 18.2 Å². The van der Waals surface area contributed by atoms with Gasteiger partial charge in [0, 0.05) is 18.7 Å². The van der Waals surface area contributed by atoms with Crippen molar-refractivity contribution in [3.8, 4) is 0 Å². The molecule has 19 heavy (non-hydrogen) atoms. The smallest absolute Gasteiger partial charge is 0.182 e. The Balaban J connectivity index is 2.28. The number of nitrogens with one attached hydrogen (secondary N) is 2. The Bertz CT molecular complexity index is 587. The molecule has 2 rings (SSSR count). The third-order valence-corrected chi connectivity index (χ3v) is 2.36. The maximum atomic E-state index is 13.5. The van der Waals surface area contributed by atoms with Crippen LogP contribution in [0.4, 0.5) is 30.5 Å². The average molecular weight is 267 g/mol. The van der Waals surface area contributed by atoms with Gasteiger partial charge in [-0.3, -0.25) is 0 Å². The van der Waals surface area contributed by atoms with Gasteiger partial charge in [-0.1, -0.05) is 6.07 Å². The van der Waals surface area contributed by atoms with Gasteiger partial charge in [0.25, 0.3) is 0 Å². The summed E-state index contributed by atoms with van der Waals surface area (Å²) in [5.41, 5.74) is -0.293. The number of rotatable bonds is 4. The summed E-state index contributed by atoms with van der Waals surface area (Å²) >= 11 is 0. The Morgan fingerprint density at radius 2 is 1.84 bits per heavy atom. The molecule has 0 atom stereocenters. The van der Waals surface area contributed by atoms with Crippen molar-refractivity contribution in [1.82, 2.24) is 4.98 Å². The van der Waals surface area contributed by atoms with E-state index in [2.05, 4.69) is 15.6 Å². The molecule has 0 saturated heterocycles. The zero-order valence-corrected chi connectivity index (χ0v) is 10.2. The van der Waals surface area contributed by atoms with Crippen LogP contribution in [0, 0.1) is 17.5 Å². The highest BCUT2D eigenvalue weighted by Gasteiger charge is 2.11. The maximum absolute atomic E-state index is 13.5. The van der Waals surface area contributed by atoms with Crippen LogP contribution in [0.25, 0.3) is 0 Å². The molecular formula is C13H12F3N3. The second kappa shape index (κ2) is 5.60. The Labute approximate surface area is 108 Å². The number of hydrogen-bond acceptors (Lipinski definition) is 3. The fraction of sp³-hybridized carbons (Fsp3) is 0.154. The number of aromatic nitrogens is 1. The van der Waals surface area contributed by atoms with Crippen molar-refractivity contribution in [3.63, 3.8) is 0 Å². The summed E-state index contributed by atoms with van der Waals surface area (Å²) in [5.74, 6) is -2.36. The van der Waals surface area contributed by atoms with Crippen LogP contribution in [0.15, 0.2) is 30.3 Å². The van der Waals surface area contributed by atoms with Gasteiger partial charge in [-0.2, -0.15) is 0 Å². The summed E-state index contributed by atoms with van der Waals surface area (Å²) in [4.78, 5) is 4.12. The number of hydrogen-bond donors (Lipinski definition) is 2. The molecule has 0 aliphatic carbocycles. The fourth-order valence-electron chi connectivity index (χ4n) is 1.57. The SMILES string of the molecule is CCNc1cccc(Nc2cc(F)cc(F)c2F)n1. The molecule has 1 aromatic carbocycles. The van der Waals surface area contributed by atoms with Crippen LogP contribution in [-0.2, 0) is 0 Å². The fourth-order valence-corrected chi connectivity index (χ4v) is 1.57. The van der Waals surface area contributed by atoms with Gasteiger partial charge in [0.2, 0.25) is 0 Å². The number of benzene rings is 1. The van der Waals surface area contributed by atoms with Crippen LogP contribution in [0.5, 0.6) is 0 Å². The molecule has 0 amide bonds. The van der Waals surface area contributed by atoms with E-state index in [0.29, 0.717) is 24.2 Å². The van der Waals surface area contributed by atoms with Crippen molar-refractivity contribution < 1.29 is 13.2 Å². The molecule has 0 aliphatic rings. The highest BCUT2D eigenvalue weighted by atomic mass is 19.2. The average Bonchev–Trinajstić information content (AvgIpc) is 2.36. The van der Waals surface area contributed by atoms with Gasteiger partial charge in [0.1, 0.15) is 17.5 Å². The predicted molar refractivity (Wildman–Crippen MR) is 68.0 cm³/mol. The van der Waals surface area contributed by atoms with E-state index in [1.807, 2.05) is 6.92 Å². The molecule has 3 nitrogen and oxygen atoms in total. The zero-order chi connectivity index (χ0) is 13.8. The van der Waals surface area contributed by atoms with Crippen LogP contribution >= 0.6 is 0 Å². The second-order valence-corrected chi connectivity index (χ2v) is 3.81. The van der Waals surface area contributed by atoms with Crippen LogP contribution in [0.2, 0.25) is 0 Å². The first-order valence-corrected chi connectivity index (χ1v) is 5.72. The Morgan fingerprint density at radius 3 is 2.58 bits per heavy atom. The van der Waals surface area contributed by atoms with Crippen LogP contribution < -0.4 is 10.6 Å². The standard InChI is InChI=1S/C13H12F3N3/c1-2-17-11-4-3-5-12(19-11)18-10-7-8(14)6-9(15)13(10)16/h3-7H,2H2,1H3,(H2,17,18,19). The van der Waals surface area contributed by atoms with Gasteiger partial charge in [-0.05, 0) is 19.1 Å². The molecule has 100 valence electrons. The molecule has 6 heteroatoms. The summed E-state index contributed by atoms with van der Waals surface area (Å²) in [7, 11) is 0. The summed E-state index contributed by atoms with van der Waals surface area (Å²) in [6.45, 7) is 2.59. The van der Waals surface area contributed by atoms with E-state index in [1.54, 1.807) is 18.2 Å². The first kappa shape index (κ1) is 13.2. The van der Waals surface area contributed by atoms with Crippen molar-refractivity contribution in [2.24, 2.45) is 0 Å². The van der Waals surface area contributed by atoms with Crippen LogP contribution in [0.1, 0.15) is 6.92 Å². The minimum absolute atomic E-state index is 0.293. The molecule has 0 bridgehead atoms. The highest BCUT2D eigenvalue weighted by molar-refractivity contribution is 5.58. The maximum Gasteiger partial charge on any atom is 0.182 e. The minimum atomic E-state index is -1.25. The monoisotopic (exact) mass is 267 g/mol. The largest absolute Gasteiger partial charge is 0.370 e. The van der Waals surface area contributed by atoms with E-state index >= 15 is 0 Å². The summed E-state index contributed by atoms with van der Waals surface area (Å²) in [5, 5.41) is 5.52. The highest BCUT2D eigenvalue weighted by Crippen LogP contribution is 2.23. The van der Waals surface area contributed by atoms with Gasteiger partial charge in [0.05, 0.1) is 5.69 Å². The molecule has 0 aliphatic heterocycles. The van der Waals surface area contributed by atoms with E-state index in [-0.39, 0.29) is 5.69 Å². The lowest BCUT2D eigenvalue weighted by Gasteiger charge is -2.09. The number of nitrogens with zero attached hydrogens (tertiary/aromatic N) is 1. The molecular weight excluding hydrogens is 255 g/mol. The molecule has 2 aromatic rings.